The molecule has 1 N–H and O–H groups in total. The van der Waals surface area contributed by atoms with Crippen molar-refractivity contribution in [3.05, 3.63) is 101 Å². The van der Waals surface area contributed by atoms with Gasteiger partial charge in [0.15, 0.2) is 0 Å². The maximum Gasteiger partial charge on any atom is 0.240 e. The number of nitrogens with one attached hydrogen (secondary N) is 1. The molecule has 0 spiro atoms. The predicted molar refractivity (Wildman–Crippen MR) is 115 cm³/mol. The van der Waals surface area contributed by atoms with Gasteiger partial charge >= 0.3 is 0 Å². The van der Waals surface area contributed by atoms with E-state index in [1.165, 1.54) is 0 Å². The zero-order chi connectivity index (χ0) is 20.9. The van der Waals surface area contributed by atoms with Crippen LogP contribution in [0.1, 0.15) is 29.5 Å². The lowest BCUT2D eigenvalue weighted by Crippen LogP contribution is -2.37. The van der Waals surface area contributed by atoms with Crippen LogP contribution in [0.15, 0.2) is 83.8 Å². The first-order chi connectivity index (χ1) is 13.9. The highest BCUT2D eigenvalue weighted by Gasteiger charge is 2.25. The molecule has 0 aliphatic rings. The summed E-state index contributed by atoms with van der Waals surface area (Å²) in [4.78, 5) is 0.225. The Kier molecular flexibility index (Phi) is 6.71. The van der Waals surface area contributed by atoms with E-state index < -0.39 is 16.1 Å². The molecule has 2 atom stereocenters. The van der Waals surface area contributed by atoms with Crippen LogP contribution in [-0.4, -0.2) is 14.5 Å². The summed E-state index contributed by atoms with van der Waals surface area (Å²) in [6, 6.07) is 24.9. The van der Waals surface area contributed by atoms with Crippen molar-refractivity contribution in [2.45, 2.75) is 30.2 Å². The topological polar surface area (TPSA) is 70.0 Å². The maximum atomic E-state index is 12.8. The summed E-state index contributed by atoms with van der Waals surface area (Å²) in [7, 11) is -3.66. The van der Waals surface area contributed by atoms with Gasteiger partial charge in [-0.15, -0.1) is 0 Å². The minimum absolute atomic E-state index is 0.164. The standard InChI is InChI=1S/C23H21ClN2O2S/c1-17(26-29(27,28)22-8-3-2-4-9-22)23(15-18-10-12-21(24)13-11-18)20-7-5-6-19(14-20)16-25/h2-14,17,23,26H,15H2,1H3. The van der Waals surface area contributed by atoms with Gasteiger partial charge in [-0.3, -0.25) is 0 Å². The Morgan fingerprint density at radius 3 is 2.34 bits per heavy atom. The summed E-state index contributed by atoms with van der Waals surface area (Å²) in [6.07, 6.45) is 0.602. The van der Waals surface area contributed by atoms with Crippen LogP contribution < -0.4 is 4.72 Å². The molecule has 0 heterocycles. The lowest BCUT2D eigenvalue weighted by Gasteiger charge is -2.26. The summed E-state index contributed by atoms with van der Waals surface area (Å²) in [5.41, 5.74) is 2.48. The van der Waals surface area contributed by atoms with E-state index in [9.17, 15) is 13.7 Å². The van der Waals surface area contributed by atoms with E-state index in [0.29, 0.717) is 17.0 Å². The molecule has 2 unspecified atom stereocenters. The summed E-state index contributed by atoms with van der Waals surface area (Å²) in [5.74, 6) is -0.164. The highest BCUT2D eigenvalue weighted by molar-refractivity contribution is 7.89. The number of sulfonamides is 1. The summed E-state index contributed by atoms with van der Waals surface area (Å²) in [5, 5.41) is 9.91. The molecule has 3 rings (SSSR count). The zero-order valence-electron chi connectivity index (χ0n) is 15.9. The molecular formula is C23H21ClN2O2S. The Morgan fingerprint density at radius 2 is 1.69 bits per heavy atom. The van der Waals surface area contributed by atoms with Gasteiger partial charge in [0.25, 0.3) is 0 Å². The van der Waals surface area contributed by atoms with Crippen LogP contribution in [0.2, 0.25) is 5.02 Å². The molecule has 3 aromatic carbocycles. The van der Waals surface area contributed by atoms with Crippen LogP contribution in [-0.2, 0) is 16.4 Å². The highest BCUT2D eigenvalue weighted by Crippen LogP contribution is 2.27. The molecule has 0 radical (unpaired) electrons. The fourth-order valence-electron chi connectivity index (χ4n) is 3.29. The van der Waals surface area contributed by atoms with Gasteiger partial charge < -0.3 is 0 Å². The van der Waals surface area contributed by atoms with Crippen molar-refractivity contribution in [2.24, 2.45) is 0 Å². The van der Waals surface area contributed by atoms with Crippen molar-refractivity contribution in [3.63, 3.8) is 0 Å². The molecule has 0 aliphatic heterocycles. The molecule has 0 aliphatic carbocycles. The van der Waals surface area contributed by atoms with Crippen molar-refractivity contribution < 1.29 is 8.42 Å². The van der Waals surface area contributed by atoms with Gasteiger partial charge in [0, 0.05) is 17.0 Å². The van der Waals surface area contributed by atoms with Crippen LogP contribution in [0.4, 0.5) is 0 Å². The number of hydrogen-bond acceptors (Lipinski definition) is 3. The Balaban J connectivity index is 1.93. The van der Waals surface area contributed by atoms with Gasteiger partial charge in [0.2, 0.25) is 10.0 Å². The fourth-order valence-corrected chi connectivity index (χ4v) is 4.72. The van der Waals surface area contributed by atoms with Crippen LogP contribution >= 0.6 is 11.6 Å². The van der Waals surface area contributed by atoms with Gasteiger partial charge in [-0.1, -0.05) is 54.1 Å². The second-order valence-corrected chi connectivity index (χ2v) is 9.05. The highest BCUT2D eigenvalue weighted by atomic mass is 35.5. The third-order valence-electron chi connectivity index (χ3n) is 4.81. The molecule has 0 amide bonds. The largest absolute Gasteiger partial charge is 0.240 e. The smallest absolute Gasteiger partial charge is 0.208 e. The minimum Gasteiger partial charge on any atom is -0.208 e. The van der Waals surface area contributed by atoms with Crippen molar-refractivity contribution in [1.29, 1.82) is 5.26 Å². The number of nitrogens with zero attached hydrogens (tertiary/aromatic N) is 1. The zero-order valence-corrected chi connectivity index (χ0v) is 17.5. The van der Waals surface area contributed by atoms with Crippen molar-refractivity contribution in [2.75, 3.05) is 0 Å². The molecule has 29 heavy (non-hydrogen) atoms. The van der Waals surface area contributed by atoms with Crippen LogP contribution in [0.3, 0.4) is 0 Å². The van der Waals surface area contributed by atoms with E-state index in [1.54, 1.807) is 36.4 Å². The Labute approximate surface area is 176 Å². The molecule has 0 saturated carbocycles. The van der Waals surface area contributed by atoms with Gasteiger partial charge in [0.05, 0.1) is 16.5 Å². The van der Waals surface area contributed by atoms with Gasteiger partial charge in [0.1, 0.15) is 0 Å². The normalized spacial score (nSPS) is 13.4. The molecular weight excluding hydrogens is 404 g/mol. The lowest BCUT2D eigenvalue weighted by atomic mass is 9.86. The Hall–Kier alpha value is -2.65. The number of hydrogen-bond donors (Lipinski definition) is 1. The summed E-state index contributed by atoms with van der Waals surface area (Å²) < 4.78 is 28.4. The lowest BCUT2D eigenvalue weighted by molar-refractivity contribution is 0.503. The number of nitriles is 1. The first-order valence-corrected chi connectivity index (χ1v) is 11.1. The van der Waals surface area contributed by atoms with Gasteiger partial charge in [-0.25, -0.2) is 13.1 Å². The third kappa shape index (κ3) is 5.45. The fraction of sp³-hybridized carbons (Fsp3) is 0.174. The van der Waals surface area contributed by atoms with Gasteiger partial charge in [-0.05, 0) is 60.9 Å². The molecule has 6 heteroatoms. The van der Waals surface area contributed by atoms with Crippen molar-refractivity contribution in [3.8, 4) is 6.07 Å². The molecule has 3 aromatic rings. The number of benzene rings is 3. The average molecular weight is 425 g/mol. The van der Waals surface area contributed by atoms with E-state index in [0.717, 1.165) is 11.1 Å². The van der Waals surface area contributed by atoms with E-state index in [-0.39, 0.29) is 10.8 Å². The quantitative estimate of drug-likeness (QED) is 0.586. The molecule has 0 bridgehead atoms. The van der Waals surface area contributed by atoms with Crippen molar-refractivity contribution >= 4 is 21.6 Å². The second kappa shape index (κ2) is 9.23. The SMILES string of the molecule is CC(NS(=O)(=O)c1ccccc1)C(Cc1ccc(Cl)cc1)c1cccc(C#N)c1. The predicted octanol–water partition coefficient (Wildman–Crippen LogP) is 4.90. The average Bonchev–Trinajstić information content (AvgIpc) is 2.73. The Bertz CT molecular complexity index is 1110. The molecule has 148 valence electrons. The van der Waals surface area contributed by atoms with Crippen LogP contribution in [0.5, 0.6) is 0 Å². The first kappa shape index (κ1) is 21.1. The monoisotopic (exact) mass is 424 g/mol. The summed E-state index contributed by atoms with van der Waals surface area (Å²) >= 11 is 5.99. The third-order valence-corrected chi connectivity index (χ3v) is 6.64. The van der Waals surface area contributed by atoms with Crippen molar-refractivity contribution in [1.82, 2.24) is 4.72 Å². The van der Waals surface area contributed by atoms with E-state index in [4.69, 9.17) is 11.6 Å². The molecule has 0 fully saturated rings. The number of halogens is 1. The van der Waals surface area contributed by atoms with Crippen LogP contribution in [0, 0.1) is 11.3 Å². The van der Waals surface area contributed by atoms with E-state index in [2.05, 4.69) is 10.8 Å². The molecule has 0 aromatic heterocycles. The number of rotatable bonds is 7. The summed E-state index contributed by atoms with van der Waals surface area (Å²) in [6.45, 7) is 1.85. The second-order valence-electron chi connectivity index (χ2n) is 6.90. The minimum atomic E-state index is -3.66. The van der Waals surface area contributed by atoms with E-state index >= 15 is 0 Å². The van der Waals surface area contributed by atoms with Gasteiger partial charge in [-0.2, -0.15) is 5.26 Å². The first-order valence-electron chi connectivity index (χ1n) is 9.21. The van der Waals surface area contributed by atoms with E-state index in [1.807, 2.05) is 49.4 Å². The van der Waals surface area contributed by atoms with Crippen LogP contribution in [0.25, 0.3) is 0 Å². The molecule has 4 nitrogen and oxygen atoms in total. The molecule has 0 saturated heterocycles. The maximum absolute atomic E-state index is 12.8. The Morgan fingerprint density at radius 1 is 1.00 bits per heavy atom.